The molecule has 34 heavy (non-hydrogen) atoms. The van der Waals surface area contributed by atoms with Crippen LogP contribution in [-0.2, 0) is 22.6 Å². The van der Waals surface area contributed by atoms with Crippen LogP contribution >= 0.6 is 0 Å². The summed E-state index contributed by atoms with van der Waals surface area (Å²) in [6.45, 7) is 6.72. The summed E-state index contributed by atoms with van der Waals surface area (Å²) in [7, 11) is 4.52. The summed E-state index contributed by atoms with van der Waals surface area (Å²) in [6.07, 6.45) is 2.56. The maximum Gasteiger partial charge on any atom is 0.356 e. The van der Waals surface area contributed by atoms with E-state index < -0.39 is 5.97 Å². The van der Waals surface area contributed by atoms with Gasteiger partial charge < -0.3 is 29.4 Å². The normalized spacial score (nSPS) is 10.9. The molecule has 3 aromatic rings. The van der Waals surface area contributed by atoms with Crippen molar-refractivity contribution in [3.63, 3.8) is 0 Å². The Morgan fingerprint density at radius 2 is 1.82 bits per heavy atom. The van der Waals surface area contributed by atoms with Gasteiger partial charge in [0.2, 0.25) is 5.91 Å². The number of hydrogen-bond donors (Lipinski definition) is 2. The third-order valence-corrected chi connectivity index (χ3v) is 5.45. The van der Waals surface area contributed by atoms with Crippen LogP contribution in [0.15, 0.2) is 30.5 Å². The minimum absolute atomic E-state index is 0.281. The van der Waals surface area contributed by atoms with E-state index in [-0.39, 0.29) is 11.6 Å². The summed E-state index contributed by atoms with van der Waals surface area (Å²) in [4.78, 5) is 29.3. The van der Waals surface area contributed by atoms with Crippen molar-refractivity contribution in [2.24, 2.45) is 5.92 Å². The Balaban J connectivity index is 2.01. The highest BCUT2D eigenvalue weighted by atomic mass is 16.5. The van der Waals surface area contributed by atoms with Crippen molar-refractivity contribution in [3.05, 3.63) is 41.7 Å². The Morgan fingerprint density at radius 3 is 2.44 bits per heavy atom. The van der Waals surface area contributed by atoms with Crippen molar-refractivity contribution in [1.82, 2.24) is 9.55 Å². The van der Waals surface area contributed by atoms with Gasteiger partial charge >= 0.3 is 5.97 Å². The van der Waals surface area contributed by atoms with Crippen LogP contribution in [0.5, 0.6) is 11.5 Å². The number of carbonyl (C=O) groups excluding carboxylic acids is 2. The maximum atomic E-state index is 12.7. The van der Waals surface area contributed by atoms with Crippen molar-refractivity contribution in [1.29, 1.82) is 0 Å². The number of aryl methyl sites for hydroxylation is 1. The molecule has 2 heterocycles. The number of anilines is 2. The number of hydrogen-bond acceptors (Lipinski definition) is 7. The molecule has 9 nitrogen and oxygen atoms in total. The fourth-order valence-electron chi connectivity index (χ4n) is 3.73. The molecule has 2 N–H and O–H groups in total. The van der Waals surface area contributed by atoms with Crippen LogP contribution < -0.4 is 20.1 Å². The molecule has 0 aliphatic heterocycles. The molecule has 1 amide bonds. The summed E-state index contributed by atoms with van der Waals surface area (Å²) in [5.41, 5.74) is 3.04. The van der Waals surface area contributed by atoms with Gasteiger partial charge in [0.1, 0.15) is 5.65 Å². The van der Waals surface area contributed by atoms with E-state index in [4.69, 9.17) is 14.2 Å². The summed E-state index contributed by atoms with van der Waals surface area (Å²) >= 11 is 0. The number of pyridine rings is 1. The molecule has 1 aromatic carbocycles. The predicted octanol–water partition coefficient (Wildman–Crippen LogP) is 4.46. The molecule has 182 valence electrons. The van der Waals surface area contributed by atoms with Crippen molar-refractivity contribution in [2.75, 3.05) is 32.0 Å². The zero-order valence-electron chi connectivity index (χ0n) is 20.5. The molecular weight excluding hydrogens is 436 g/mol. The van der Waals surface area contributed by atoms with Gasteiger partial charge in [-0.05, 0) is 36.1 Å². The van der Waals surface area contributed by atoms with E-state index in [2.05, 4.69) is 29.5 Å². The molecule has 0 atom stereocenters. The van der Waals surface area contributed by atoms with E-state index in [1.165, 1.54) is 14.0 Å². The lowest BCUT2D eigenvalue weighted by Gasteiger charge is -2.12. The van der Waals surface area contributed by atoms with Crippen molar-refractivity contribution in [3.8, 4) is 11.5 Å². The van der Waals surface area contributed by atoms with Gasteiger partial charge in [-0.1, -0.05) is 19.9 Å². The monoisotopic (exact) mass is 468 g/mol. The van der Waals surface area contributed by atoms with Gasteiger partial charge in [-0.15, -0.1) is 0 Å². The van der Waals surface area contributed by atoms with Gasteiger partial charge in [0.25, 0.3) is 0 Å². The zero-order chi connectivity index (χ0) is 24.8. The lowest BCUT2D eigenvalue weighted by molar-refractivity contribution is -0.114. The average molecular weight is 469 g/mol. The number of fused-ring (bicyclic) bond motifs is 1. The zero-order valence-corrected chi connectivity index (χ0v) is 20.5. The van der Waals surface area contributed by atoms with Crippen molar-refractivity contribution in [2.45, 2.75) is 40.3 Å². The first-order valence-corrected chi connectivity index (χ1v) is 11.1. The van der Waals surface area contributed by atoms with Crippen molar-refractivity contribution < 1.29 is 23.8 Å². The number of methoxy groups -OCH3 is 3. The van der Waals surface area contributed by atoms with Crippen LogP contribution in [0.1, 0.15) is 43.2 Å². The fraction of sp³-hybridized carbons (Fsp3) is 0.400. The quantitative estimate of drug-likeness (QED) is 0.424. The Kier molecular flexibility index (Phi) is 7.99. The number of amides is 1. The fourth-order valence-corrected chi connectivity index (χ4v) is 3.73. The Morgan fingerprint density at radius 1 is 1.09 bits per heavy atom. The second-order valence-corrected chi connectivity index (χ2v) is 8.37. The molecule has 9 heteroatoms. The molecule has 0 aliphatic carbocycles. The largest absolute Gasteiger partial charge is 0.493 e. The lowest BCUT2D eigenvalue weighted by Crippen LogP contribution is -2.16. The van der Waals surface area contributed by atoms with Gasteiger partial charge in [0.05, 0.1) is 38.9 Å². The number of rotatable bonds is 10. The lowest BCUT2D eigenvalue weighted by atomic mass is 10.1. The van der Waals surface area contributed by atoms with E-state index in [9.17, 15) is 9.59 Å². The number of nitrogens with zero attached hydrogens (tertiary/aromatic N) is 2. The number of carbonyl (C=O) groups is 2. The molecule has 0 radical (unpaired) electrons. The molecule has 0 unspecified atom stereocenters. The van der Waals surface area contributed by atoms with Gasteiger partial charge in [-0.25, -0.2) is 9.78 Å². The predicted molar refractivity (Wildman–Crippen MR) is 132 cm³/mol. The van der Waals surface area contributed by atoms with Gasteiger partial charge in [-0.3, -0.25) is 4.79 Å². The number of aromatic nitrogens is 2. The van der Waals surface area contributed by atoms with Gasteiger partial charge in [0.15, 0.2) is 17.2 Å². The highest BCUT2D eigenvalue weighted by Gasteiger charge is 2.25. The Bertz CT molecular complexity index is 1190. The van der Waals surface area contributed by atoms with Crippen LogP contribution in [-0.4, -0.2) is 42.8 Å². The first-order chi connectivity index (χ1) is 16.3. The Hall–Kier alpha value is -3.75. The number of esters is 1. The van der Waals surface area contributed by atoms with Gasteiger partial charge in [-0.2, -0.15) is 0 Å². The second kappa shape index (κ2) is 10.9. The minimum Gasteiger partial charge on any atom is -0.493 e. The molecule has 0 aliphatic rings. The third-order valence-electron chi connectivity index (χ3n) is 5.45. The average Bonchev–Trinajstić information content (AvgIpc) is 3.12. The first-order valence-electron chi connectivity index (χ1n) is 11.1. The van der Waals surface area contributed by atoms with Crippen LogP contribution in [0.25, 0.3) is 11.0 Å². The number of benzene rings is 1. The van der Waals surface area contributed by atoms with Crippen LogP contribution in [0.2, 0.25) is 0 Å². The third kappa shape index (κ3) is 5.41. The summed E-state index contributed by atoms with van der Waals surface area (Å²) in [5, 5.41) is 6.82. The molecule has 3 rings (SSSR count). The molecule has 0 bridgehead atoms. The van der Waals surface area contributed by atoms with E-state index >= 15 is 0 Å². The van der Waals surface area contributed by atoms with E-state index in [0.29, 0.717) is 47.2 Å². The van der Waals surface area contributed by atoms with E-state index in [1.54, 1.807) is 20.4 Å². The van der Waals surface area contributed by atoms with Crippen LogP contribution in [0.3, 0.4) is 0 Å². The van der Waals surface area contributed by atoms with Crippen LogP contribution in [0, 0.1) is 5.92 Å². The van der Waals surface area contributed by atoms with E-state index in [0.717, 1.165) is 17.7 Å². The first kappa shape index (κ1) is 24.9. The molecule has 2 aromatic heterocycles. The summed E-state index contributed by atoms with van der Waals surface area (Å²) in [5.74, 6) is 0.928. The molecule has 0 spiro atoms. The molecule has 0 saturated heterocycles. The summed E-state index contributed by atoms with van der Waals surface area (Å²) in [6, 6.07) is 7.58. The molecule has 0 fully saturated rings. The summed E-state index contributed by atoms with van der Waals surface area (Å²) < 4.78 is 17.5. The smallest absolute Gasteiger partial charge is 0.356 e. The molecular formula is C25H32N4O5. The topological polar surface area (TPSA) is 104 Å². The highest BCUT2D eigenvalue weighted by Crippen LogP contribution is 2.33. The van der Waals surface area contributed by atoms with E-state index in [1.807, 2.05) is 28.8 Å². The molecule has 0 saturated carbocycles. The van der Waals surface area contributed by atoms with Crippen LogP contribution in [0.4, 0.5) is 11.4 Å². The highest BCUT2D eigenvalue weighted by molar-refractivity contribution is 6.10. The maximum absolute atomic E-state index is 12.7. The van der Waals surface area contributed by atoms with Gasteiger partial charge in [0, 0.05) is 25.4 Å². The standard InChI is InChI=1S/C25H32N4O5/c1-15(2)9-10-29-23(25(31)34-6)22(28-16(3)30)19-12-18(14-27-24(19)29)26-13-17-7-8-20(32-4)21(11-17)33-5/h7-8,11-12,14-15,26H,9-10,13H2,1-6H3,(H,28,30). The van der Waals surface area contributed by atoms with Crippen molar-refractivity contribution >= 4 is 34.3 Å². The Labute approximate surface area is 199 Å². The number of ether oxygens (including phenoxy) is 3. The minimum atomic E-state index is -0.523. The number of nitrogens with one attached hydrogen (secondary N) is 2. The SMILES string of the molecule is COC(=O)c1c(NC(C)=O)c2cc(NCc3ccc(OC)c(OC)c3)cnc2n1CCC(C)C. The second-order valence-electron chi connectivity index (χ2n) is 8.37.